The monoisotopic (exact) mass is 278 g/mol. The summed E-state index contributed by atoms with van der Waals surface area (Å²) < 4.78 is 29.6. The minimum absolute atomic E-state index is 0.0666. The molecule has 0 amide bonds. The van der Waals surface area contributed by atoms with Gasteiger partial charge in [0.25, 0.3) is 10.1 Å². The fourth-order valence-electron chi connectivity index (χ4n) is 0.919. The van der Waals surface area contributed by atoms with Crippen molar-refractivity contribution in [1.29, 1.82) is 0 Å². The number of hydrogen-bond acceptors (Lipinski definition) is 4. The molecule has 0 aliphatic rings. The van der Waals surface area contributed by atoms with Gasteiger partial charge in [-0.05, 0) is 37.5 Å². The lowest BCUT2D eigenvalue weighted by Gasteiger charge is -1.95. The van der Waals surface area contributed by atoms with Crippen LogP contribution in [-0.4, -0.2) is 36.7 Å². The average molecular weight is 278 g/mol. The predicted octanol–water partition coefficient (Wildman–Crippen LogP) is 1.97. The van der Waals surface area contributed by atoms with E-state index in [1.54, 1.807) is 23.9 Å². The summed E-state index contributed by atoms with van der Waals surface area (Å²) in [6, 6.07) is 5.99. The molecule has 0 heterocycles. The van der Waals surface area contributed by atoms with Crippen LogP contribution in [0, 0.1) is 6.92 Å². The van der Waals surface area contributed by atoms with Gasteiger partial charge in [0.1, 0.15) is 0 Å². The number of aliphatic hydroxyl groups excluding tert-OH is 1. The van der Waals surface area contributed by atoms with Crippen LogP contribution in [0.1, 0.15) is 12.0 Å². The first kappa shape index (κ1) is 16.4. The standard InChI is InChI=1S/C7H8O3S.C4H10OS/c1-6-2-4-7(5-3-6)11(8,9)10;1-6-4-2-3-5/h2-5H,1H3,(H,8,9,10);5H,2-4H2,1H3. The molecule has 0 aromatic heterocycles. The number of aryl methyl sites for hydroxylation is 1. The molecule has 0 bridgehead atoms. The Morgan fingerprint density at radius 2 is 1.76 bits per heavy atom. The normalized spacial score (nSPS) is 10.6. The van der Waals surface area contributed by atoms with Crippen LogP contribution in [0.15, 0.2) is 29.2 Å². The molecule has 0 fully saturated rings. The van der Waals surface area contributed by atoms with Gasteiger partial charge in [-0.1, -0.05) is 17.7 Å². The molecule has 0 radical (unpaired) electrons. The molecule has 0 aliphatic heterocycles. The Bertz CT molecular complexity index is 394. The molecule has 6 heteroatoms. The van der Waals surface area contributed by atoms with Crippen LogP contribution in [0.25, 0.3) is 0 Å². The maximum absolute atomic E-state index is 10.5. The predicted molar refractivity (Wildman–Crippen MR) is 71.1 cm³/mol. The molecule has 0 unspecified atom stereocenters. The highest BCUT2D eigenvalue weighted by Gasteiger charge is 2.06. The SMILES string of the molecule is CSCCCO.Cc1ccc(S(=O)(=O)O)cc1. The molecule has 0 spiro atoms. The van der Waals surface area contributed by atoms with E-state index in [2.05, 4.69) is 0 Å². The van der Waals surface area contributed by atoms with E-state index in [1.807, 2.05) is 13.2 Å². The van der Waals surface area contributed by atoms with Crippen molar-refractivity contribution in [2.45, 2.75) is 18.2 Å². The Morgan fingerprint density at radius 1 is 1.24 bits per heavy atom. The van der Waals surface area contributed by atoms with Crippen molar-refractivity contribution in [3.05, 3.63) is 29.8 Å². The van der Waals surface area contributed by atoms with Gasteiger partial charge in [-0.15, -0.1) is 0 Å². The van der Waals surface area contributed by atoms with E-state index in [1.165, 1.54) is 12.1 Å². The highest BCUT2D eigenvalue weighted by Crippen LogP contribution is 2.08. The number of hydrogen-bond donors (Lipinski definition) is 2. The van der Waals surface area contributed by atoms with Gasteiger partial charge in [0.05, 0.1) is 4.90 Å². The average Bonchev–Trinajstić information content (AvgIpc) is 2.26. The van der Waals surface area contributed by atoms with E-state index in [0.717, 1.165) is 17.7 Å². The van der Waals surface area contributed by atoms with Crippen LogP contribution in [0.5, 0.6) is 0 Å². The summed E-state index contributed by atoms with van der Waals surface area (Å²) in [5.74, 6) is 1.08. The second kappa shape index (κ2) is 8.52. The zero-order chi connectivity index (χ0) is 13.3. The van der Waals surface area contributed by atoms with E-state index in [9.17, 15) is 8.42 Å². The minimum Gasteiger partial charge on any atom is -0.396 e. The summed E-state index contributed by atoms with van der Waals surface area (Å²) >= 11 is 1.77. The summed E-state index contributed by atoms with van der Waals surface area (Å²) in [5.41, 5.74) is 0.956. The maximum Gasteiger partial charge on any atom is 0.294 e. The van der Waals surface area contributed by atoms with Gasteiger partial charge in [-0.2, -0.15) is 20.2 Å². The molecule has 1 aromatic rings. The van der Waals surface area contributed by atoms with Gasteiger partial charge < -0.3 is 5.11 Å². The lowest BCUT2D eigenvalue weighted by Crippen LogP contribution is -1.96. The molecule has 0 aliphatic carbocycles. The summed E-state index contributed by atoms with van der Waals surface area (Å²) in [6.07, 6.45) is 2.97. The summed E-state index contributed by atoms with van der Waals surface area (Å²) in [6.45, 7) is 2.18. The molecule has 0 saturated heterocycles. The lowest BCUT2D eigenvalue weighted by atomic mass is 10.2. The maximum atomic E-state index is 10.5. The van der Waals surface area contributed by atoms with Crippen molar-refractivity contribution >= 4 is 21.9 Å². The summed E-state index contributed by atoms with van der Waals surface area (Å²) in [7, 11) is -4.02. The number of aliphatic hydroxyl groups is 1. The van der Waals surface area contributed by atoms with Crippen molar-refractivity contribution in [3.63, 3.8) is 0 Å². The first-order chi connectivity index (χ1) is 7.91. The topological polar surface area (TPSA) is 74.6 Å². The van der Waals surface area contributed by atoms with Gasteiger partial charge in [0.2, 0.25) is 0 Å². The van der Waals surface area contributed by atoms with E-state index >= 15 is 0 Å². The molecule has 2 N–H and O–H groups in total. The van der Waals surface area contributed by atoms with Crippen molar-refractivity contribution in [3.8, 4) is 0 Å². The van der Waals surface area contributed by atoms with Gasteiger partial charge in [0.15, 0.2) is 0 Å². The number of benzene rings is 1. The molecular weight excluding hydrogens is 260 g/mol. The third kappa shape index (κ3) is 8.20. The van der Waals surface area contributed by atoms with Gasteiger partial charge in [0, 0.05) is 6.61 Å². The first-order valence-electron chi connectivity index (χ1n) is 5.05. The quantitative estimate of drug-likeness (QED) is 0.650. The largest absolute Gasteiger partial charge is 0.396 e. The zero-order valence-electron chi connectivity index (χ0n) is 9.96. The van der Waals surface area contributed by atoms with Crippen molar-refractivity contribution in [2.75, 3.05) is 18.6 Å². The van der Waals surface area contributed by atoms with Crippen LogP contribution in [0.3, 0.4) is 0 Å². The molecule has 4 nitrogen and oxygen atoms in total. The van der Waals surface area contributed by atoms with Crippen LogP contribution in [0.2, 0.25) is 0 Å². The van der Waals surface area contributed by atoms with Crippen molar-refractivity contribution < 1.29 is 18.1 Å². The third-order valence-electron chi connectivity index (χ3n) is 1.83. The lowest BCUT2D eigenvalue weighted by molar-refractivity contribution is 0.296. The summed E-state index contributed by atoms with van der Waals surface area (Å²) in [4.78, 5) is -0.0666. The fraction of sp³-hybridized carbons (Fsp3) is 0.455. The Hall–Kier alpha value is -0.560. The van der Waals surface area contributed by atoms with E-state index in [-0.39, 0.29) is 4.90 Å². The number of rotatable bonds is 4. The molecule has 1 aromatic carbocycles. The van der Waals surface area contributed by atoms with Crippen molar-refractivity contribution in [1.82, 2.24) is 0 Å². The summed E-state index contributed by atoms with van der Waals surface area (Å²) in [5, 5.41) is 8.18. The Balaban J connectivity index is 0.000000366. The van der Waals surface area contributed by atoms with Crippen LogP contribution >= 0.6 is 11.8 Å². The second-order valence-corrected chi connectivity index (χ2v) is 5.77. The number of thioether (sulfide) groups is 1. The highest BCUT2D eigenvalue weighted by molar-refractivity contribution is 7.98. The van der Waals surface area contributed by atoms with E-state index < -0.39 is 10.1 Å². The van der Waals surface area contributed by atoms with E-state index in [0.29, 0.717) is 6.61 Å². The first-order valence-corrected chi connectivity index (χ1v) is 7.89. The molecule has 98 valence electrons. The van der Waals surface area contributed by atoms with E-state index in [4.69, 9.17) is 9.66 Å². The van der Waals surface area contributed by atoms with Gasteiger partial charge in [-0.3, -0.25) is 4.55 Å². The second-order valence-electron chi connectivity index (χ2n) is 3.36. The molecule has 1 rings (SSSR count). The zero-order valence-corrected chi connectivity index (χ0v) is 11.6. The molecule has 0 saturated carbocycles. The smallest absolute Gasteiger partial charge is 0.294 e. The third-order valence-corrected chi connectivity index (χ3v) is 3.39. The van der Waals surface area contributed by atoms with Gasteiger partial charge in [-0.25, -0.2) is 0 Å². The highest BCUT2D eigenvalue weighted by atomic mass is 32.2. The molecular formula is C11H18O4S2. The fourth-order valence-corrected chi connectivity index (χ4v) is 1.82. The Labute approximate surface area is 107 Å². The Morgan fingerprint density at radius 3 is 2.06 bits per heavy atom. The van der Waals surface area contributed by atoms with Crippen LogP contribution in [0.4, 0.5) is 0 Å². The van der Waals surface area contributed by atoms with Crippen LogP contribution in [-0.2, 0) is 10.1 Å². The molecule has 17 heavy (non-hydrogen) atoms. The molecule has 0 atom stereocenters. The Kier molecular flexibility index (Phi) is 8.24. The minimum atomic E-state index is -4.02. The van der Waals surface area contributed by atoms with Gasteiger partial charge >= 0.3 is 0 Å². The van der Waals surface area contributed by atoms with Crippen molar-refractivity contribution in [2.24, 2.45) is 0 Å². The van der Waals surface area contributed by atoms with Crippen LogP contribution < -0.4 is 0 Å².